The lowest BCUT2D eigenvalue weighted by atomic mass is 10.4. The highest BCUT2D eigenvalue weighted by Crippen LogP contribution is 2.16. The molecule has 0 atom stereocenters. The fourth-order valence-electron chi connectivity index (χ4n) is 1.51. The third-order valence-electron chi connectivity index (χ3n) is 2.26. The Labute approximate surface area is 98.3 Å². The van der Waals surface area contributed by atoms with Gasteiger partial charge in [-0.1, -0.05) is 5.16 Å². The number of aromatic amines is 1. The van der Waals surface area contributed by atoms with Crippen molar-refractivity contribution in [2.45, 2.75) is 25.3 Å². The molecule has 2 rings (SSSR count). The van der Waals surface area contributed by atoms with Gasteiger partial charge in [-0.05, 0) is 13.8 Å². The molecule has 2 N–H and O–H groups in total. The molecular weight excluding hydrogens is 244 g/mol. The van der Waals surface area contributed by atoms with Crippen molar-refractivity contribution >= 4 is 10.0 Å². The first kappa shape index (κ1) is 11.8. The van der Waals surface area contributed by atoms with Crippen molar-refractivity contribution in [3.8, 4) is 0 Å². The summed E-state index contributed by atoms with van der Waals surface area (Å²) in [5.74, 6) is 0. The molecule has 0 radical (unpaired) electrons. The summed E-state index contributed by atoms with van der Waals surface area (Å²) in [4.78, 5) is 0.181. The summed E-state index contributed by atoms with van der Waals surface area (Å²) in [7, 11) is -3.58. The highest BCUT2D eigenvalue weighted by atomic mass is 32.2. The van der Waals surface area contributed by atoms with Crippen LogP contribution in [0.1, 0.15) is 17.1 Å². The van der Waals surface area contributed by atoms with Crippen molar-refractivity contribution in [2.24, 2.45) is 0 Å². The number of hydrogen-bond donors (Lipinski definition) is 2. The SMILES string of the molecule is Cc1n[nH]c(C)c1S(=O)(=O)NCc1ccon1. The molecule has 0 spiro atoms. The van der Waals surface area contributed by atoms with E-state index in [4.69, 9.17) is 0 Å². The second-order valence-corrected chi connectivity index (χ2v) is 5.28. The second kappa shape index (κ2) is 4.30. The normalized spacial score (nSPS) is 11.9. The summed E-state index contributed by atoms with van der Waals surface area (Å²) in [6.45, 7) is 3.38. The van der Waals surface area contributed by atoms with E-state index < -0.39 is 10.0 Å². The smallest absolute Gasteiger partial charge is 0.244 e. The molecule has 0 bridgehead atoms. The van der Waals surface area contributed by atoms with Gasteiger partial charge in [-0.2, -0.15) is 5.10 Å². The highest BCUT2D eigenvalue weighted by molar-refractivity contribution is 7.89. The Morgan fingerprint density at radius 1 is 1.47 bits per heavy atom. The van der Waals surface area contributed by atoms with E-state index in [-0.39, 0.29) is 11.4 Å². The summed E-state index contributed by atoms with van der Waals surface area (Å²) in [6, 6.07) is 1.59. The van der Waals surface area contributed by atoms with Crippen molar-refractivity contribution in [1.82, 2.24) is 20.1 Å². The maximum absolute atomic E-state index is 12.0. The van der Waals surface area contributed by atoms with Crippen molar-refractivity contribution in [1.29, 1.82) is 0 Å². The largest absolute Gasteiger partial charge is 0.364 e. The molecule has 0 aliphatic rings. The Bertz CT molecular complexity index is 581. The predicted octanol–water partition coefficient (Wildman–Crippen LogP) is 0.493. The van der Waals surface area contributed by atoms with Crippen LogP contribution in [0, 0.1) is 13.8 Å². The molecule has 17 heavy (non-hydrogen) atoms. The van der Waals surface area contributed by atoms with E-state index in [2.05, 4.69) is 24.6 Å². The van der Waals surface area contributed by atoms with Gasteiger partial charge in [-0.15, -0.1) is 0 Å². The first-order valence-corrected chi connectivity index (χ1v) is 6.39. The third-order valence-corrected chi connectivity index (χ3v) is 3.93. The average molecular weight is 256 g/mol. The zero-order valence-corrected chi connectivity index (χ0v) is 10.2. The monoisotopic (exact) mass is 256 g/mol. The molecule has 2 aromatic rings. The van der Waals surface area contributed by atoms with Gasteiger partial charge in [0.25, 0.3) is 0 Å². The minimum atomic E-state index is -3.58. The first-order chi connectivity index (χ1) is 8.00. The molecule has 0 aliphatic carbocycles. The lowest BCUT2D eigenvalue weighted by molar-refractivity contribution is 0.411. The van der Waals surface area contributed by atoms with Crippen molar-refractivity contribution in [3.05, 3.63) is 29.4 Å². The third kappa shape index (κ3) is 2.37. The van der Waals surface area contributed by atoms with Gasteiger partial charge < -0.3 is 4.52 Å². The molecular formula is C9H12N4O3S. The number of nitrogens with zero attached hydrogens (tertiary/aromatic N) is 2. The number of aryl methyl sites for hydroxylation is 2. The van der Waals surface area contributed by atoms with Gasteiger partial charge in [0.15, 0.2) is 0 Å². The van der Waals surface area contributed by atoms with E-state index in [9.17, 15) is 8.42 Å². The zero-order chi connectivity index (χ0) is 12.5. The summed E-state index contributed by atoms with van der Waals surface area (Å²) < 4.78 is 31.1. The second-order valence-electron chi connectivity index (χ2n) is 3.58. The number of hydrogen-bond acceptors (Lipinski definition) is 5. The van der Waals surface area contributed by atoms with Crippen molar-refractivity contribution in [2.75, 3.05) is 0 Å². The summed E-state index contributed by atoms with van der Waals surface area (Å²) in [5.41, 5.74) is 1.47. The molecule has 0 unspecified atom stereocenters. The molecule has 0 amide bonds. The molecule has 0 fully saturated rings. The molecule has 8 heteroatoms. The van der Waals surface area contributed by atoms with Crippen LogP contribution in [-0.4, -0.2) is 23.8 Å². The van der Waals surface area contributed by atoms with Crippen molar-refractivity contribution < 1.29 is 12.9 Å². The van der Waals surface area contributed by atoms with Gasteiger partial charge in [0.05, 0.1) is 23.6 Å². The Balaban J connectivity index is 2.20. The van der Waals surface area contributed by atoms with Crippen molar-refractivity contribution in [3.63, 3.8) is 0 Å². The highest BCUT2D eigenvalue weighted by Gasteiger charge is 2.21. The van der Waals surface area contributed by atoms with E-state index in [0.717, 1.165) is 0 Å². The van der Waals surface area contributed by atoms with Crippen LogP contribution in [0.5, 0.6) is 0 Å². The average Bonchev–Trinajstić information content (AvgIpc) is 2.86. The molecule has 0 aromatic carbocycles. The van der Waals surface area contributed by atoms with Crippen LogP contribution >= 0.6 is 0 Å². The zero-order valence-electron chi connectivity index (χ0n) is 9.39. The van der Waals surface area contributed by atoms with E-state index in [0.29, 0.717) is 17.1 Å². The minimum absolute atomic E-state index is 0.0862. The van der Waals surface area contributed by atoms with Crippen LogP contribution in [0.3, 0.4) is 0 Å². The minimum Gasteiger partial charge on any atom is -0.364 e. The Kier molecular flexibility index (Phi) is 2.99. The van der Waals surface area contributed by atoms with E-state index in [1.165, 1.54) is 6.26 Å². The molecule has 92 valence electrons. The first-order valence-electron chi connectivity index (χ1n) is 4.91. The van der Waals surface area contributed by atoms with Crippen LogP contribution in [-0.2, 0) is 16.6 Å². The Morgan fingerprint density at radius 2 is 2.24 bits per heavy atom. The Hall–Kier alpha value is -1.67. The van der Waals surface area contributed by atoms with Gasteiger partial charge >= 0.3 is 0 Å². The van der Waals surface area contributed by atoms with Gasteiger partial charge in [0.1, 0.15) is 11.2 Å². The molecule has 2 heterocycles. The molecule has 0 saturated carbocycles. The summed E-state index contributed by atoms with van der Waals surface area (Å²) in [6.07, 6.45) is 1.39. The molecule has 2 aromatic heterocycles. The van der Waals surface area contributed by atoms with Crippen LogP contribution in [0.25, 0.3) is 0 Å². The fraction of sp³-hybridized carbons (Fsp3) is 0.333. The van der Waals surface area contributed by atoms with Crippen LogP contribution < -0.4 is 4.72 Å². The number of H-pyrrole nitrogens is 1. The lowest BCUT2D eigenvalue weighted by Crippen LogP contribution is -2.24. The van der Waals surface area contributed by atoms with Crippen LogP contribution in [0.2, 0.25) is 0 Å². The number of rotatable bonds is 4. The standard InChI is InChI=1S/C9H12N4O3S/c1-6-9(7(2)12-11-6)17(14,15)10-5-8-3-4-16-13-8/h3-4,10H,5H2,1-2H3,(H,11,12). The van der Waals surface area contributed by atoms with E-state index >= 15 is 0 Å². The van der Waals surface area contributed by atoms with Crippen LogP contribution in [0.15, 0.2) is 21.7 Å². The van der Waals surface area contributed by atoms with Gasteiger partial charge in [-0.3, -0.25) is 5.10 Å². The van der Waals surface area contributed by atoms with E-state index in [1.807, 2.05) is 0 Å². The summed E-state index contributed by atoms with van der Waals surface area (Å²) in [5, 5.41) is 10.1. The Morgan fingerprint density at radius 3 is 2.76 bits per heavy atom. The quantitative estimate of drug-likeness (QED) is 0.829. The molecule has 0 saturated heterocycles. The fourth-order valence-corrected chi connectivity index (χ4v) is 2.87. The van der Waals surface area contributed by atoms with Gasteiger partial charge in [0.2, 0.25) is 10.0 Å². The molecule has 7 nitrogen and oxygen atoms in total. The number of aromatic nitrogens is 3. The molecule has 0 aliphatic heterocycles. The predicted molar refractivity (Wildman–Crippen MR) is 58.6 cm³/mol. The van der Waals surface area contributed by atoms with Crippen LogP contribution in [0.4, 0.5) is 0 Å². The van der Waals surface area contributed by atoms with Gasteiger partial charge in [-0.25, -0.2) is 13.1 Å². The number of sulfonamides is 1. The number of nitrogens with one attached hydrogen (secondary N) is 2. The van der Waals surface area contributed by atoms with E-state index in [1.54, 1.807) is 19.9 Å². The maximum Gasteiger partial charge on any atom is 0.244 e. The maximum atomic E-state index is 12.0. The lowest BCUT2D eigenvalue weighted by Gasteiger charge is -2.04. The topological polar surface area (TPSA) is 101 Å². The summed E-state index contributed by atoms with van der Waals surface area (Å²) >= 11 is 0. The van der Waals surface area contributed by atoms with Gasteiger partial charge in [0, 0.05) is 6.07 Å².